The Hall–Kier alpha value is -0.700. The lowest BCUT2D eigenvalue weighted by molar-refractivity contribution is 0.134. The van der Waals surface area contributed by atoms with Crippen molar-refractivity contribution in [2.45, 2.75) is 30.6 Å². The third-order valence-electron chi connectivity index (χ3n) is 3.98. The van der Waals surface area contributed by atoms with Crippen LogP contribution in [0.3, 0.4) is 0 Å². The van der Waals surface area contributed by atoms with E-state index in [1.807, 2.05) is 0 Å². The molecule has 1 aliphatic rings. The van der Waals surface area contributed by atoms with Crippen LogP contribution in [0.4, 0.5) is 10.1 Å². The number of aliphatic hydroxyl groups is 1. The number of nitrogens with one attached hydrogen (secondary N) is 1. The number of aliphatic hydroxyl groups excluding tert-OH is 1. The van der Waals surface area contributed by atoms with Crippen molar-refractivity contribution in [1.29, 1.82) is 0 Å². The molecule has 0 heterocycles. The van der Waals surface area contributed by atoms with Gasteiger partial charge in [-0.15, -0.1) is 0 Å². The molecule has 1 fully saturated rings. The van der Waals surface area contributed by atoms with Crippen molar-refractivity contribution >= 4 is 31.6 Å². The fourth-order valence-corrected chi connectivity index (χ4v) is 4.16. The molecule has 0 aromatic heterocycles. The van der Waals surface area contributed by atoms with Crippen LogP contribution in [0.15, 0.2) is 21.5 Å². The Bertz CT molecular complexity index is 631. The first-order chi connectivity index (χ1) is 9.80. The van der Waals surface area contributed by atoms with Gasteiger partial charge in [0, 0.05) is 28.7 Å². The molecule has 4 N–H and O–H groups in total. The van der Waals surface area contributed by atoms with Crippen molar-refractivity contribution < 1.29 is 17.9 Å². The van der Waals surface area contributed by atoms with Crippen molar-refractivity contribution in [2.75, 3.05) is 18.9 Å². The predicted octanol–water partition coefficient (Wildman–Crippen LogP) is 2.00. The molecule has 0 unspecified atom stereocenters. The van der Waals surface area contributed by atoms with E-state index in [-0.39, 0.29) is 18.8 Å². The van der Waals surface area contributed by atoms with Crippen molar-refractivity contribution in [3.8, 4) is 0 Å². The Labute approximate surface area is 131 Å². The van der Waals surface area contributed by atoms with Gasteiger partial charge in [0.25, 0.3) is 0 Å². The van der Waals surface area contributed by atoms with E-state index in [0.29, 0.717) is 4.47 Å². The van der Waals surface area contributed by atoms with E-state index in [0.717, 1.165) is 37.8 Å². The highest BCUT2D eigenvalue weighted by atomic mass is 79.9. The molecule has 0 bridgehead atoms. The molecule has 1 aliphatic carbocycles. The zero-order valence-electron chi connectivity index (χ0n) is 11.4. The minimum Gasteiger partial charge on any atom is -0.398 e. The molecule has 21 heavy (non-hydrogen) atoms. The highest BCUT2D eigenvalue weighted by Gasteiger charge is 2.35. The molecule has 0 aliphatic heterocycles. The van der Waals surface area contributed by atoms with Crippen molar-refractivity contribution in [1.82, 2.24) is 4.72 Å². The molecule has 0 amide bonds. The van der Waals surface area contributed by atoms with E-state index in [1.54, 1.807) is 0 Å². The summed E-state index contributed by atoms with van der Waals surface area (Å²) in [5.74, 6) is -0.868. The third-order valence-corrected chi connectivity index (χ3v) is 6.08. The number of nitrogens with two attached hydrogens (primary N) is 1. The fraction of sp³-hybridized carbons (Fsp3) is 0.538. The topological polar surface area (TPSA) is 92.4 Å². The maximum absolute atomic E-state index is 13.8. The summed E-state index contributed by atoms with van der Waals surface area (Å²) in [5, 5.41) is 9.48. The Kier molecular flexibility index (Phi) is 4.92. The second-order valence-corrected chi connectivity index (χ2v) is 8.08. The summed E-state index contributed by atoms with van der Waals surface area (Å²) in [4.78, 5) is -0.478. The fourth-order valence-electron chi connectivity index (χ4n) is 2.59. The Balaban J connectivity index is 2.21. The average Bonchev–Trinajstić information content (AvgIpc) is 2.90. The van der Waals surface area contributed by atoms with Crippen molar-refractivity contribution in [3.05, 3.63) is 22.4 Å². The van der Waals surface area contributed by atoms with Crippen LogP contribution >= 0.6 is 15.9 Å². The van der Waals surface area contributed by atoms with E-state index < -0.39 is 26.2 Å². The summed E-state index contributed by atoms with van der Waals surface area (Å²) in [6.45, 7) is 0.0156. The molecule has 1 aromatic rings. The first kappa shape index (κ1) is 16.7. The van der Waals surface area contributed by atoms with Gasteiger partial charge in [-0.25, -0.2) is 17.5 Å². The number of hydrogen-bond donors (Lipinski definition) is 3. The van der Waals surface area contributed by atoms with Crippen LogP contribution in [0.2, 0.25) is 0 Å². The van der Waals surface area contributed by atoms with E-state index in [1.165, 1.54) is 0 Å². The van der Waals surface area contributed by atoms with Crippen molar-refractivity contribution in [3.63, 3.8) is 0 Å². The maximum atomic E-state index is 13.8. The van der Waals surface area contributed by atoms with Crippen LogP contribution in [-0.4, -0.2) is 26.7 Å². The number of hydrogen-bond acceptors (Lipinski definition) is 4. The molecular weight excluding hydrogens is 363 g/mol. The van der Waals surface area contributed by atoms with Gasteiger partial charge in [0.05, 0.1) is 0 Å². The molecule has 0 radical (unpaired) electrons. The van der Waals surface area contributed by atoms with Crippen LogP contribution in [0, 0.1) is 11.2 Å². The lowest BCUT2D eigenvalue weighted by Gasteiger charge is -2.26. The van der Waals surface area contributed by atoms with Gasteiger partial charge >= 0.3 is 0 Å². The summed E-state index contributed by atoms with van der Waals surface area (Å²) < 4.78 is 41.0. The highest BCUT2D eigenvalue weighted by molar-refractivity contribution is 9.10. The van der Waals surface area contributed by atoms with E-state index in [4.69, 9.17) is 5.73 Å². The normalized spacial score (nSPS) is 18.0. The Morgan fingerprint density at radius 2 is 2.00 bits per heavy atom. The number of halogens is 2. The van der Waals surface area contributed by atoms with Gasteiger partial charge in [-0.3, -0.25) is 0 Å². The molecule has 0 saturated heterocycles. The lowest BCUT2D eigenvalue weighted by Crippen LogP contribution is -2.38. The molecule has 8 heteroatoms. The smallest absolute Gasteiger partial charge is 0.243 e. The quantitative estimate of drug-likeness (QED) is 0.681. The van der Waals surface area contributed by atoms with Crippen LogP contribution in [-0.2, 0) is 10.0 Å². The standard InChI is InChI=1S/C13H18BrFN2O3S/c14-9-5-10(15)12(6-11(9)16)21(19,20)17-7-13(8-18)3-1-2-4-13/h5-6,17-18H,1-4,7-8,16H2. The maximum Gasteiger partial charge on any atom is 0.243 e. The van der Waals surface area contributed by atoms with E-state index in [2.05, 4.69) is 20.7 Å². The van der Waals surface area contributed by atoms with Gasteiger partial charge in [-0.1, -0.05) is 12.8 Å². The molecule has 1 aromatic carbocycles. The lowest BCUT2D eigenvalue weighted by atomic mass is 9.88. The Morgan fingerprint density at radius 3 is 2.57 bits per heavy atom. The van der Waals surface area contributed by atoms with E-state index >= 15 is 0 Å². The minimum absolute atomic E-state index is 0.0829. The highest BCUT2D eigenvalue weighted by Crippen LogP contribution is 2.37. The molecule has 2 rings (SSSR count). The molecule has 1 saturated carbocycles. The first-order valence-corrected chi connectivity index (χ1v) is 8.92. The van der Waals surface area contributed by atoms with Gasteiger partial charge in [0.2, 0.25) is 10.0 Å². The third kappa shape index (κ3) is 3.56. The number of sulfonamides is 1. The predicted molar refractivity (Wildman–Crippen MR) is 81.7 cm³/mol. The van der Waals surface area contributed by atoms with Gasteiger partial charge in [-0.2, -0.15) is 0 Å². The second kappa shape index (κ2) is 6.20. The zero-order valence-corrected chi connectivity index (χ0v) is 13.8. The molecular formula is C13H18BrFN2O3S. The number of rotatable bonds is 5. The number of nitrogen functional groups attached to an aromatic ring is 1. The number of anilines is 1. The Morgan fingerprint density at radius 1 is 1.38 bits per heavy atom. The van der Waals surface area contributed by atoms with Crippen molar-refractivity contribution in [2.24, 2.45) is 5.41 Å². The van der Waals surface area contributed by atoms with Crippen LogP contribution in [0.1, 0.15) is 25.7 Å². The van der Waals surface area contributed by atoms with Gasteiger partial charge in [-0.05, 0) is 40.9 Å². The van der Waals surface area contributed by atoms with Gasteiger partial charge in [0.15, 0.2) is 0 Å². The average molecular weight is 381 g/mol. The molecule has 118 valence electrons. The monoisotopic (exact) mass is 380 g/mol. The zero-order chi connectivity index (χ0) is 15.7. The SMILES string of the molecule is Nc1cc(S(=O)(=O)NCC2(CO)CCCC2)c(F)cc1Br. The van der Waals surface area contributed by atoms with E-state index in [9.17, 15) is 17.9 Å². The molecule has 5 nitrogen and oxygen atoms in total. The summed E-state index contributed by atoms with van der Waals surface area (Å²) >= 11 is 3.05. The largest absolute Gasteiger partial charge is 0.398 e. The molecule has 0 spiro atoms. The summed E-state index contributed by atoms with van der Waals surface area (Å²) in [6, 6.07) is 2.11. The summed E-state index contributed by atoms with van der Waals surface area (Å²) in [6.07, 6.45) is 3.44. The summed E-state index contributed by atoms with van der Waals surface area (Å²) in [7, 11) is -4.00. The van der Waals surface area contributed by atoms with Crippen LogP contribution < -0.4 is 10.5 Å². The summed E-state index contributed by atoms with van der Waals surface area (Å²) in [5.41, 5.74) is 5.32. The number of benzene rings is 1. The van der Waals surface area contributed by atoms with Crippen LogP contribution in [0.25, 0.3) is 0 Å². The minimum atomic E-state index is -4.00. The van der Waals surface area contributed by atoms with Crippen LogP contribution in [0.5, 0.6) is 0 Å². The molecule has 0 atom stereocenters. The second-order valence-electron chi connectivity index (χ2n) is 5.49. The van der Waals surface area contributed by atoms with Gasteiger partial charge in [0.1, 0.15) is 10.7 Å². The first-order valence-electron chi connectivity index (χ1n) is 6.65. The van der Waals surface area contributed by atoms with Gasteiger partial charge < -0.3 is 10.8 Å².